The molecular weight excluding hydrogens is 266 g/mol. The van der Waals surface area contributed by atoms with Crippen molar-refractivity contribution in [1.29, 1.82) is 0 Å². The summed E-state index contributed by atoms with van der Waals surface area (Å²) in [6.07, 6.45) is 1.50. The Labute approximate surface area is 113 Å². The van der Waals surface area contributed by atoms with E-state index in [1.54, 1.807) is 13.0 Å². The number of aromatic nitrogens is 2. The monoisotopic (exact) mass is 285 g/mol. The lowest BCUT2D eigenvalue weighted by Crippen LogP contribution is -2.44. The normalized spacial score (nSPS) is 21.3. The molecule has 0 N–H and O–H groups in total. The first-order valence-electron chi connectivity index (χ1n) is 6.46. The third-order valence-electron chi connectivity index (χ3n) is 3.16. The van der Waals surface area contributed by atoms with Gasteiger partial charge in [0.15, 0.2) is 0 Å². The van der Waals surface area contributed by atoms with E-state index in [-0.39, 0.29) is 11.9 Å². The van der Waals surface area contributed by atoms with Crippen LogP contribution >= 0.6 is 0 Å². The van der Waals surface area contributed by atoms with Crippen LogP contribution in [0.5, 0.6) is 5.88 Å². The summed E-state index contributed by atoms with van der Waals surface area (Å²) in [5.74, 6) is 0.579. The van der Waals surface area contributed by atoms with Crippen LogP contribution in [-0.4, -0.2) is 47.9 Å². The second-order valence-corrected chi connectivity index (χ2v) is 6.91. The molecule has 1 aromatic heterocycles. The van der Waals surface area contributed by atoms with Crippen LogP contribution in [0, 0.1) is 6.92 Å². The van der Waals surface area contributed by atoms with E-state index < -0.39 is 10.0 Å². The molecule has 1 fully saturated rings. The molecule has 1 saturated heterocycles. The van der Waals surface area contributed by atoms with Crippen molar-refractivity contribution in [2.45, 2.75) is 32.8 Å². The summed E-state index contributed by atoms with van der Waals surface area (Å²) in [7, 11) is -3.14. The Morgan fingerprint density at radius 1 is 1.42 bits per heavy atom. The molecule has 1 aliphatic rings. The first-order valence-corrected chi connectivity index (χ1v) is 8.07. The molecule has 0 amide bonds. The summed E-state index contributed by atoms with van der Waals surface area (Å²) in [5.41, 5.74) is 0.825. The van der Waals surface area contributed by atoms with Gasteiger partial charge in [-0.2, -0.15) is 9.40 Å². The summed E-state index contributed by atoms with van der Waals surface area (Å²) >= 11 is 0. The molecule has 2 heterocycles. The number of hydrogen-bond donors (Lipinski definition) is 0. The molecular formula is C12H19N3O3S. The van der Waals surface area contributed by atoms with Gasteiger partial charge in [-0.25, -0.2) is 8.42 Å². The number of rotatable bonds is 4. The SMILES string of the molecule is CCS(=O)(=O)N1CCCC(Oc2ccc(C)nn2)C1. The molecule has 106 valence electrons. The molecule has 7 heteroatoms. The van der Waals surface area contributed by atoms with Crippen LogP contribution in [0.25, 0.3) is 0 Å². The van der Waals surface area contributed by atoms with Crippen LogP contribution < -0.4 is 4.74 Å². The Hall–Kier alpha value is -1.21. The number of sulfonamides is 1. The van der Waals surface area contributed by atoms with E-state index in [9.17, 15) is 8.42 Å². The van der Waals surface area contributed by atoms with Gasteiger partial charge in [-0.1, -0.05) is 0 Å². The Bertz CT molecular complexity index is 516. The third kappa shape index (κ3) is 3.63. The topological polar surface area (TPSA) is 72.4 Å². The van der Waals surface area contributed by atoms with Crippen LogP contribution in [0.1, 0.15) is 25.5 Å². The van der Waals surface area contributed by atoms with E-state index >= 15 is 0 Å². The molecule has 0 aliphatic carbocycles. The zero-order valence-electron chi connectivity index (χ0n) is 11.2. The van der Waals surface area contributed by atoms with Crippen LogP contribution in [0.3, 0.4) is 0 Å². The summed E-state index contributed by atoms with van der Waals surface area (Å²) in [4.78, 5) is 0. The van der Waals surface area contributed by atoms with E-state index in [0.29, 0.717) is 19.0 Å². The van der Waals surface area contributed by atoms with E-state index in [1.165, 1.54) is 4.31 Å². The fourth-order valence-electron chi connectivity index (χ4n) is 2.06. The van der Waals surface area contributed by atoms with Crippen molar-refractivity contribution in [3.63, 3.8) is 0 Å². The molecule has 1 aliphatic heterocycles. The van der Waals surface area contributed by atoms with E-state index in [2.05, 4.69) is 10.2 Å². The maximum Gasteiger partial charge on any atom is 0.233 e. The molecule has 19 heavy (non-hydrogen) atoms. The van der Waals surface area contributed by atoms with Crippen molar-refractivity contribution >= 4 is 10.0 Å². The van der Waals surface area contributed by atoms with Gasteiger partial charge in [0.05, 0.1) is 18.0 Å². The second kappa shape index (κ2) is 5.83. The van der Waals surface area contributed by atoms with Gasteiger partial charge < -0.3 is 4.74 Å². The average molecular weight is 285 g/mol. The Morgan fingerprint density at radius 3 is 2.84 bits per heavy atom. The first kappa shape index (κ1) is 14.2. The van der Waals surface area contributed by atoms with Gasteiger partial charge in [0.2, 0.25) is 15.9 Å². The van der Waals surface area contributed by atoms with Crippen molar-refractivity contribution in [3.8, 4) is 5.88 Å². The molecule has 0 aromatic carbocycles. The van der Waals surface area contributed by atoms with Gasteiger partial charge in [0.25, 0.3) is 0 Å². The molecule has 1 aromatic rings. The van der Waals surface area contributed by atoms with Gasteiger partial charge >= 0.3 is 0 Å². The van der Waals surface area contributed by atoms with Gasteiger partial charge in [-0.15, -0.1) is 5.10 Å². The summed E-state index contributed by atoms with van der Waals surface area (Å²) < 4.78 is 30.9. The van der Waals surface area contributed by atoms with Crippen molar-refractivity contribution in [3.05, 3.63) is 17.8 Å². The minimum Gasteiger partial charge on any atom is -0.472 e. The predicted molar refractivity (Wildman–Crippen MR) is 71.5 cm³/mol. The van der Waals surface area contributed by atoms with Crippen molar-refractivity contribution in [1.82, 2.24) is 14.5 Å². The van der Waals surface area contributed by atoms with Crippen LogP contribution in [0.2, 0.25) is 0 Å². The highest BCUT2D eigenvalue weighted by Gasteiger charge is 2.28. The lowest BCUT2D eigenvalue weighted by atomic mass is 10.1. The quantitative estimate of drug-likeness (QED) is 0.824. The molecule has 0 spiro atoms. The molecule has 0 bridgehead atoms. The highest BCUT2D eigenvalue weighted by atomic mass is 32.2. The molecule has 6 nitrogen and oxygen atoms in total. The fourth-order valence-corrected chi connectivity index (χ4v) is 3.22. The Kier molecular flexibility index (Phi) is 4.36. The van der Waals surface area contributed by atoms with Crippen molar-refractivity contribution < 1.29 is 13.2 Å². The lowest BCUT2D eigenvalue weighted by molar-refractivity contribution is 0.123. The number of nitrogens with zero attached hydrogens (tertiary/aromatic N) is 3. The van der Waals surface area contributed by atoms with Crippen LogP contribution in [0.15, 0.2) is 12.1 Å². The maximum atomic E-state index is 11.8. The number of ether oxygens (including phenoxy) is 1. The predicted octanol–water partition coefficient (Wildman–Crippen LogP) is 0.978. The third-order valence-corrected chi connectivity index (χ3v) is 5.01. The van der Waals surface area contributed by atoms with E-state index in [1.807, 2.05) is 13.0 Å². The fraction of sp³-hybridized carbons (Fsp3) is 0.667. The van der Waals surface area contributed by atoms with Crippen LogP contribution in [-0.2, 0) is 10.0 Å². The highest BCUT2D eigenvalue weighted by Crippen LogP contribution is 2.18. The Balaban J connectivity index is 2.00. The highest BCUT2D eigenvalue weighted by molar-refractivity contribution is 7.89. The molecule has 0 radical (unpaired) electrons. The maximum absolute atomic E-state index is 11.8. The molecule has 2 rings (SSSR count). The summed E-state index contributed by atoms with van der Waals surface area (Å²) in [5, 5.41) is 7.86. The minimum atomic E-state index is -3.14. The van der Waals surface area contributed by atoms with Gasteiger partial charge in [0, 0.05) is 12.6 Å². The van der Waals surface area contributed by atoms with Crippen molar-refractivity contribution in [2.24, 2.45) is 0 Å². The van der Waals surface area contributed by atoms with Gasteiger partial charge in [-0.3, -0.25) is 0 Å². The van der Waals surface area contributed by atoms with Gasteiger partial charge in [0.1, 0.15) is 6.10 Å². The van der Waals surface area contributed by atoms with Crippen molar-refractivity contribution in [2.75, 3.05) is 18.8 Å². The van der Waals surface area contributed by atoms with Crippen LogP contribution in [0.4, 0.5) is 0 Å². The second-order valence-electron chi connectivity index (χ2n) is 4.65. The standard InChI is InChI=1S/C12H19N3O3S/c1-3-19(16,17)15-8-4-5-11(9-15)18-12-7-6-10(2)13-14-12/h6-7,11H,3-5,8-9H2,1-2H3. The minimum absolute atomic E-state index is 0.129. The van der Waals surface area contributed by atoms with E-state index in [0.717, 1.165) is 18.5 Å². The summed E-state index contributed by atoms with van der Waals surface area (Å²) in [6, 6.07) is 3.58. The number of aryl methyl sites for hydroxylation is 1. The largest absolute Gasteiger partial charge is 0.472 e. The zero-order chi connectivity index (χ0) is 13.9. The number of piperidine rings is 1. The smallest absolute Gasteiger partial charge is 0.233 e. The molecule has 1 atom stereocenters. The zero-order valence-corrected chi connectivity index (χ0v) is 12.1. The summed E-state index contributed by atoms with van der Waals surface area (Å²) in [6.45, 7) is 4.49. The Morgan fingerprint density at radius 2 is 2.21 bits per heavy atom. The molecule has 1 unspecified atom stereocenters. The van der Waals surface area contributed by atoms with Gasteiger partial charge in [-0.05, 0) is 32.8 Å². The lowest BCUT2D eigenvalue weighted by Gasteiger charge is -2.31. The van der Waals surface area contributed by atoms with E-state index in [4.69, 9.17) is 4.74 Å². The molecule has 0 saturated carbocycles. The number of hydrogen-bond acceptors (Lipinski definition) is 5. The average Bonchev–Trinajstić information content (AvgIpc) is 2.42. The first-order chi connectivity index (χ1) is 9.01.